The Bertz CT molecular complexity index is 902. The molecule has 1 aliphatic heterocycles. The molecule has 3 rings (SSSR count). The van der Waals surface area contributed by atoms with Gasteiger partial charge in [-0.2, -0.15) is 4.31 Å². The Kier molecular flexibility index (Phi) is 7.23. The molecule has 28 heavy (non-hydrogen) atoms. The third-order valence-corrected chi connectivity index (χ3v) is 8.12. The standard InChI is InChI=1S/C20H26N2O4S2/c1-2-3-4-10-21-20(23)17-7-5-6-16(15-17)18-8-9-19(27-18)28(24,25)22-11-13-26-14-12-22/h5-9,15H,2-4,10-14H2,1H3,(H,21,23). The number of nitrogens with zero attached hydrogens (tertiary/aromatic N) is 1. The fraction of sp³-hybridized carbons (Fsp3) is 0.450. The van der Waals surface area contributed by atoms with Gasteiger partial charge in [-0.05, 0) is 36.2 Å². The molecule has 1 amide bonds. The van der Waals surface area contributed by atoms with Crippen molar-refractivity contribution >= 4 is 27.3 Å². The minimum absolute atomic E-state index is 0.101. The van der Waals surface area contributed by atoms with Crippen LogP contribution in [-0.2, 0) is 14.8 Å². The van der Waals surface area contributed by atoms with E-state index in [0.717, 1.165) is 29.7 Å². The maximum absolute atomic E-state index is 12.8. The van der Waals surface area contributed by atoms with Crippen molar-refractivity contribution in [2.24, 2.45) is 0 Å². The molecule has 1 aliphatic rings. The van der Waals surface area contributed by atoms with Gasteiger partial charge in [-0.3, -0.25) is 4.79 Å². The Labute approximate surface area is 170 Å². The number of sulfonamides is 1. The molecule has 6 nitrogen and oxygen atoms in total. The van der Waals surface area contributed by atoms with E-state index in [0.29, 0.717) is 42.6 Å². The number of benzene rings is 1. The number of amides is 1. The van der Waals surface area contributed by atoms with Gasteiger partial charge in [0.15, 0.2) is 0 Å². The fourth-order valence-corrected chi connectivity index (χ4v) is 5.89. The van der Waals surface area contributed by atoms with E-state index in [1.54, 1.807) is 18.2 Å². The SMILES string of the molecule is CCCCCNC(=O)c1cccc(-c2ccc(S(=O)(=O)N3CCOCC3)s2)c1. The average molecular weight is 423 g/mol. The van der Waals surface area contributed by atoms with Gasteiger partial charge in [0.2, 0.25) is 0 Å². The van der Waals surface area contributed by atoms with Gasteiger partial charge in [0.05, 0.1) is 13.2 Å². The first-order valence-electron chi connectivity index (χ1n) is 9.58. The van der Waals surface area contributed by atoms with Crippen molar-refractivity contribution in [3.63, 3.8) is 0 Å². The molecule has 1 aromatic carbocycles. The molecule has 2 heterocycles. The zero-order chi connectivity index (χ0) is 20.0. The number of hydrogen-bond donors (Lipinski definition) is 1. The van der Waals surface area contributed by atoms with Crippen LogP contribution in [0.4, 0.5) is 0 Å². The zero-order valence-corrected chi connectivity index (χ0v) is 17.7. The molecule has 0 spiro atoms. The predicted octanol–water partition coefficient (Wildman–Crippen LogP) is 3.36. The van der Waals surface area contributed by atoms with Crippen molar-refractivity contribution in [3.05, 3.63) is 42.0 Å². The average Bonchev–Trinajstić information content (AvgIpc) is 3.23. The highest BCUT2D eigenvalue weighted by molar-refractivity contribution is 7.91. The van der Waals surface area contributed by atoms with E-state index >= 15 is 0 Å². The van der Waals surface area contributed by atoms with Crippen LogP contribution in [0.25, 0.3) is 10.4 Å². The second-order valence-corrected chi connectivity index (χ2v) is 9.93. The van der Waals surface area contributed by atoms with Crippen molar-refractivity contribution in [1.82, 2.24) is 9.62 Å². The largest absolute Gasteiger partial charge is 0.379 e. The summed E-state index contributed by atoms with van der Waals surface area (Å²) in [4.78, 5) is 13.2. The molecule has 1 saturated heterocycles. The van der Waals surface area contributed by atoms with Crippen LogP contribution < -0.4 is 5.32 Å². The van der Waals surface area contributed by atoms with E-state index in [-0.39, 0.29) is 5.91 Å². The Balaban J connectivity index is 1.73. The van der Waals surface area contributed by atoms with Crippen LogP contribution in [0.3, 0.4) is 0 Å². The molecule has 0 radical (unpaired) electrons. The summed E-state index contributed by atoms with van der Waals surface area (Å²) in [6.07, 6.45) is 3.17. The summed E-state index contributed by atoms with van der Waals surface area (Å²) < 4.78 is 32.6. The monoisotopic (exact) mass is 422 g/mol. The van der Waals surface area contributed by atoms with E-state index in [4.69, 9.17) is 4.74 Å². The fourth-order valence-electron chi connectivity index (χ4n) is 3.02. The lowest BCUT2D eigenvalue weighted by atomic mass is 10.1. The Hall–Kier alpha value is -1.74. The van der Waals surface area contributed by atoms with Crippen LogP contribution in [0.5, 0.6) is 0 Å². The van der Waals surface area contributed by atoms with Crippen LogP contribution in [0.15, 0.2) is 40.6 Å². The molecular weight excluding hydrogens is 396 g/mol. The minimum Gasteiger partial charge on any atom is -0.379 e. The predicted molar refractivity (Wildman–Crippen MR) is 111 cm³/mol. The van der Waals surface area contributed by atoms with Gasteiger partial charge in [0.1, 0.15) is 4.21 Å². The van der Waals surface area contributed by atoms with Crippen LogP contribution in [0, 0.1) is 0 Å². The highest BCUT2D eigenvalue weighted by Crippen LogP contribution is 2.33. The van der Waals surface area contributed by atoms with E-state index in [1.807, 2.05) is 18.2 Å². The second-order valence-electron chi connectivity index (χ2n) is 6.68. The van der Waals surface area contributed by atoms with E-state index < -0.39 is 10.0 Å². The summed E-state index contributed by atoms with van der Waals surface area (Å²) in [5.41, 5.74) is 1.43. The lowest BCUT2D eigenvalue weighted by molar-refractivity contribution is 0.0731. The topological polar surface area (TPSA) is 75.7 Å². The minimum atomic E-state index is -3.50. The molecule has 1 N–H and O–H groups in total. The van der Waals surface area contributed by atoms with Crippen molar-refractivity contribution in [3.8, 4) is 10.4 Å². The molecule has 0 atom stereocenters. The third-order valence-electron chi connectivity index (χ3n) is 4.62. The summed E-state index contributed by atoms with van der Waals surface area (Å²) >= 11 is 1.23. The van der Waals surface area contributed by atoms with Crippen LogP contribution in [0.2, 0.25) is 0 Å². The number of nitrogens with one attached hydrogen (secondary N) is 1. The van der Waals surface area contributed by atoms with Gasteiger partial charge in [0, 0.05) is 30.1 Å². The molecule has 0 unspecified atom stereocenters. The molecular formula is C20H26N2O4S2. The van der Waals surface area contributed by atoms with Gasteiger partial charge >= 0.3 is 0 Å². The molecule has 8 heteroatoms. The van der Waals surface area contributed by atoms with Gasteiger partial charge in [0.25, 0.3) is 15.9 Å². The highest BCUT2D eigenvalue weighted by Gasteiger charge is 2.27. The van der Waals surface area contributed by atoms with Crippen molar-refractivity contribution in [2.75, 3.05) is 32.8 Å². The Morgan fingerprint density at radius 1 is 1.18 bits per heavy atom. The van der Waals surface area contributed by atoms with Crippen molar-refractivity contribution in [1.29, 1.82) is 0 Å². The van der Waals surface area contributed by atoms with Gasteiger partial charge in [-0.1, -0.05) is 31.9 Å². The molecule has 1 aromatic heterocycles. The molecule has 0 saturated carbocycles. The van der Waals surface area contributed by atoms with Crippen LogP contribution >= 0.6 is 11.3 Å². The molecule has 152 valence electrons. The summed E-state index contributed by atoms with van der Waals surface area (Å²) in [6, 6.07) is 10.7. The van der Waals surface area contributed by atoms with Gasteiger partial charge in [-0.15, -0.1) is 11.3 Å². The zero-order valence-electron chi connectivity index (χ0n) is 16.0. The Morgan fingerprint density at radius 2 is 1.96 bits per heavy atom. The molecule has 0 aliphatic carbocycles. The molecule has 1 fully saturated rings. The van der Waals surface area contributed by atoms with Crippen molar-refractivity contribution in [2.45, 2.75) is 30.4 Å². The second kappa shape index (κ2) is 9.65. The molecule has 2 aromatic rings. The Morgan fingerprint density at radius 3 is 2.71 bits per heavy atom. The number of carbonyl (C=O) groups excluding carboxylic acids is 1. The number of thiophene rings is 1. The first kappa shape index (κ1) is 21.0. The summed E-state index contributed by atoms with van der Waals surface area (Å²) in [7, 11) is -3.50. The van der Waals surface area contributed by atoms with Gasteiger partial charge < -0.3 is 10.1 Å². The maximum atomic E-state index is 12.8. The van der Waals surface area contributed by atoms with Crippen LogP contribution in [0.1, 0.15) is 36.5 Å². The van der Waals surface area contributed by atoms with Gasteiger partial charge in [-0.25, -0.2) is 8.42 Å². The number of carbonyl (C=O) groups is 1. The molecule has 0 bridgehead atoms. The first-order valence-corrected chi connectivity index (χ1v) is 11.8. The lowest BCUT2D eigenvalue weighted by Crippen LogP contribution is -2.40. The number of morpholine rings is 1. The summed E-state index contributed by atoms with van der Waals surface area (Å²) in [5, 5.41) is 2.93. The van der Waals surface area contributed by atoms with E-state index in [1.165, 1.54) is 15.6 Å². The van der Waals surface area contributed by atoms with E-state index in [2.05, 4.69) is 12.2 Å². The van der Waals surface area contributed by atoms with Crippen molar-refractivity contribution < 1.29 is 17.9 Å². The number of unbranched alkanes of at least 4 members (excludes halogenated alkanes) is 2. The first-order chi connectivity index (χ1) is 13.5. The van der Waals surface area contributed by atoms with Crippen LogP contribution in [-0.4, -0.2) is 51.5 Å². The highest BCUT2D eigenvalue weighted by atomic mass is 32.2. The quantitative estimate of drug-likeness (QED) is 0.662. The number of ether oxygens (including phenoxy) is 1. The third kappa shape index (κ3) is 5.00. The normalized spacial score (nSPS) is 15.5. The smallest absolute Gasteiger partial charge is 0.252 e. The summed E-state index contributed by atoms with van der Waals surface area (Å²) in [6.45, 7) is 4.39. The number of hydrogen-bond acceptors (Lipinski definition) is 5. The maximum Gasteiger partial charge on any atom is 0.252 e. The lowest BCUT2D eigenvalue weighted by Gasteiger charge is -2.25. The summed E-state index contributed by atoms with van der Waals surface area (Å²) in [5.74, 6) is -0.101. The number of rotatable bonds is 8. The van der Waals surface area contributed by atoms with E-state index in [9.17, 15) is 13.2 Å².